The molecule has 8 nitrogen and oxygen atoms in total. The first kappa shape index (κ1) is 20.8. The number of aliphatic imine (C=N–C) groups is 1. The number of aromatic nitrogens is 2. The Bertz CT molecular complexity index is 613. The molecule has 0 bridgehead atoms. The van der Waals surface area contributed by atoms with E-state index in [9.17, 15) is 4.79 Å². The van der Waals surface area contributed by atoms with Crippen molar-refractivity contribution in [1.29, 1.82) is 0 Å². The number of guanidine groups is 1. The fourth-order valence-electron chi connectivity index (χ4n) is 3.10. The van der Waals surface area contributed by atoms with Gasteiger partial charge in [-0.05, 0) is 27.2 Å². The third-order valence-corrected chi connectivity index (χ3v) is 4.29. The average molecular weight is 476 g/mol. The average Bonchev–Trinajstić information content (AvgIpc) is 3.19. The Balaban J connectivity index is 0.00000243. The molecular formula is C17H29IN6O2. The maximum absolute atomic E-state index is 12.2. The number of hydrogen-bond donors (Lipinski definition) is 1. The van der Waals surface area contributed by atoms with Crippen LogP contribution in [0.4, 0.5) is 4.79 Å². The Labute approximate surface area is 172 Å². The van der Waals surface area contributed by atoms with Crippen LogP contribution < -0.4 is 5.32 Å². The quantitative estimate of drug-likeness (QED) is 0.530. The lowest BCUT2D eigenvalue weighted by atomic mass is 10.2. The molecule has 1 aromatic heterocycles. The number of piperazine rings is 1. The minimum atomic E-state index is -0.456. The Morgan fingerprint density at radius 3 is 2.88 bits per heavy atom. The molecule has 3 heterocycles. The lowest BCUT2D eigenvalue weighted by Crippen LogP contribution is -2.57. The number of aryl methyl sites for hydroxylation is 1. The SMILES string of the molecule is CC(C)(C)OC(=O)N1CCN2C(NCCCn3ccnc3)=NCC2C1.I. The lowest BCUT2D eigenvalue weighted by Gasteiger charge is -2.39. The van der Waals surface area contributed by atoms with Crippen LogP contribution in [0.5, 0.6) is 0 Å². The van der Waals surface area contributed by atoms with Crippen molar-refractivity contribution in [1.82, 2.24) is 24.7 Å². The van der Waals surface area contributed by atoms with E-state index in [1.807, 2.05) is 33.3 Å². The molecule has 1 atom stereocenters. The minimum absolute atomic E-state index is 0. The zero-order valence-electron chi connectivity index (χ0n) is 15.7. The molecule has 0 aromatic carbocycles. The van der Waals surface area contributed by atoms with Crippen LogP contribution in [-0.2, 0) is 11.3 Å². The maximum atomic E-state index is 12.2. The number of fused-ring (bicyclic) bond motifs is 1. The standard InChI is InChI=1S/C17H28N6O2.HI/c1-17(2,3)25-16(24)22-9-10-23-14(12-22)11-20-15(23)19-5-4-7-21-8-6-18-13-21;/h6,8,13-14H,4-5,7,9-12H2,1-3H3,(H,19,20);1H. The first-order valence-corrected chi connectivity index (χ1v) is 8.91. The summed E-state index contributed by atoms with van der Waals surface area (Å²) in [6.07, 6.45) is 6.38. The van der Waals surface area contributed by atoms with Crippen molar-refractivity contribution >= 4 is 36.0 Å². The van der Waals surface area contributed by atoms with Crippen LogP contribution in [0.1, 0.15) is 27.2 Å². The van der Waals surface area contributed by atoms with E-state index >= 15 is 0 Å². The lowest BCUT2D eigenvalue weighted by molar-refractivity contribution is 0.0137. The highest BCUT2D eigenvalue weighted by atomic mass is 127. The first-order chi connectivity index (χ1) is 11.9. The highest BCUT2D eigenvalue weighted by Crippen LogP contribution is 2.18. The summed E-state index contributed by atoms with van der Waals surface area (Å²) in [6.45, 7) is 10.3. The van der Waals surface area contributed by atoms with Gasteiger partial charge in [-0.2, -0.15) is 0 Å². The number of amides is 1. The van der Waals surface area contributed by atoms with E-state index in [1.54, 1.807) is 11.1 Å². The smallest absolute Gasteiger partial charge is 0.410 e. The first-order valence-electron chi connectivity index (χ1n) is 8.91. The molecule has 9 heteroatoms. The molecule has 0 radical (unpaired) electrons. The molecule has 0 saturated carbocycles. The Morgan fingerprint density at radius 1 is 1.38 bits per heavy atom. The molecule has 1 saturated heterocycles. The van der Waals surface area contributed by atoms with Crippen molar-refractivity contribution in [3.63, 3.8) is 0 Å². The van der Waals surface area contributed by atoms with Gasteiger partial charge in [0.25, 0.3) is 0 Å². The van der Waals surface area contributed by atoms with Gasteiger partial charge in [-0.3, -0.25) is 4.99 Å². The predicted octanol–water partition coefficient (Wildman–Crippen LogP) is 1.77. The van der Waals surface area contributed by atoms with Crippen LogP contribution in [0.2, 0.25) is 0 Å². The van der Waals surface area contributed by atoms with Gasteiger partial charge in [0.15, 0.2) is 5.96 Å². The van der Waals surface area contributed by atoms with Crippen molar-refractivity contribution in [2.45, 2.75) is 45.4 Å². The highest BCUT2D eigenvalue weighted by molar-refractivity contribution is 14.0. The number of nitrogens with one attached hydrogen (secondary N) is 1. The molecule has 1 unspecified atom stereocenters. The van der Waals surface area contributed by atoms with Gasteiger partial charge in [0.1, 0.15) is 5.60 Å². The van der Waals surface area contributed by atoms with Gasteiger partial charge in [-0.15, -0.1) is 24.0 Å². The van der Waals surface area contributed by atoms with Crippen LogP contribution in [0.3, 0.4) is 0 Å². The van der Waals surface area contributed by atoms with Gasteiger partial charge in [-0.25, -0.2) is 9.78 Å². The highest BCUT2D eigenvalue weighted by Gasteiger charge is 2.36. The van der Waals surface area contributed by atoms with Gasteiger partial charge in [-0.1, -0.05) is 0 Å². The molecule has 146 valence electrons. The number of ether oxygens (including phenoxy) is 1. The van der Waals surface area contributed by atoms with Crippen molar-refractivity contribution in [3.05, 3.63) is 18.7 Å². The van der Waals surface area contributed by atoms with Crippen LogP contribution in [0, 0.1) is 0 Å². The zero-order chi connectivity index (χ0) is 17.9. The molecule has 1 N–H and O–H groups in total. The van der Waals surface area contributed by atoms with Crippen LogP contribution in [-0.4, -0.2) is 75.8 Å². The number of carbonyl (C=O) groups excluding carboxylic acids is 1. The molecule has 0 aliphatic carbocycles. The summed E-state index contributed by atoms with van der Waals surface area (Å²) in [4.78, 5) is 25.0. The van der Waals surface area contributed by atoms with Crippen LogP contribution in [0.15, 0.2) is 23.7 Å². The summed E-state index contributed by atoms with van der Waals surface area (Å²) in [5, 5.41) is 3.43. The molecule has 1 fully saturated rings. The van der Waals surface area contributed by atoms with E-state index in [0.29, 0.717) is 13.1 Å². The molecule has 2 aliphatic rings. The third-order valence-electron chi connectivity index (χ3n) is 4.29. The van der Waals surface area contributed by atoms with Gasteiger partial charge in [0, 0.05) is 45.1 Å². The minimum Gasteiger partial charge on any atom is -0.444 e. The fraction of sp³-hybridized carbons (Fsp3) is 0.706. The predicted molar refractivity (Wildman–Crippen MR) is 111 cm³/mol. The Kier molecular flexibility index (Phi) is 7.13. The van der Waals surface area contributed by atoms with E-state index in [-0.39, 0.29) is 36.1 Å². The van der Waals surface area contributed by atoms with Crippen molar-refractivity contribution in [2.24, 2.45) is 4.99 Å². The third kappa shape index (κ3) is 5.49. The number of rotatable bonds is 4. The van der Waals surface area contributed by atoms with Gasteiger partial charge >= 0.3 is 6.09 Å². The number of nitrogens with zero attached hydrogens (tertiary/aromatic N) is 5. The molecule has 0 spiro atoms. The second-order valence-corrected chi connectivity index (χ2v) is 7.52. The van der Waals surface area contributed by atoms with Gasteiger partial charge < -0.3 is 24.4 Å². The summed E-state index contributed by atoms with van der Waals surface area (Å²) in [5.74, 6) is 0.958. The molecule has 2 aliphatic heterocycles. The Hall–Kier alpha value is -1.52. The molecule has 26 heavy (non-hydrogen) atoms. The van der Waals surface area contributed by atoms with Crippen LogP contribution in [0.25, 0.3) is 0 Å². The monoisotopic (exact) mass is 476 g/mol. The van der Waals surface area contributed by atoms with Crippen molar-refractivity contribution < 1.29 is 9.53 Å². The van der Waals surface area contributed by atoms with E-state index in [0.717, 1.165) is 38.6 Å². The second kappa shape index (κ2) is 8.92. The fourth-order valence-corrected chi connectivity index (χ4v) is 3.10. The molecule has 1 amide bonds. The number of imidazole rings is 1. The summed E-state index contributed by atoms with van der Waals surface area (Å²) in [5.41, 5.74) is -0.456. The van der Waals surface area contributed by atoms with Gasteiger partial charge in [0.05, 0.1) is 18.9 Å². The van der Waals surface area contributed by atoms with E-state index in [2.05, 4.69) is 24.8 Å². The van der Waals surface area contributed by atoms with Crippen LogP contribution >= 0.6 is 24.0 Å². The van der Waals surface area contributed by atoms with Gasteiger partial charge in [0.2, 0.25) is 0 Å². The number of carbonyl (C=O) groups is 1. The summed E-state index contributed by atoms with van der Waals surface area (Å²) < 4.78 is 7.55. The molecule has 3 rings (SSSR count). The summed E-state index contributed by atoms with van der Waals surface area (Å²) in [7, 11) is 0. The normalized spacial score (nSPS) is 19.5. The molecular weight excluding hydrogens is 447 g/mol. The van der Waals surface area contributed by atoms with Crippen molar-refractivity contribution in [3.8, 4) is 0 Å². The molecule has 1 aromatic rings. The van der Waals surface area contributed by atoms with Crippen molar-refractivity contribution in [2.75, 3.05) is 32.7 Å². The second-order valence-electron chi connectivity index (χ2n) is 7.52. The topological polar surface area (TPSA) is 75.0 Å². The zero-order valence-corrected chi connectivity index (χ0v) is 18.1. The largest absolute Gasteiger partial charge is 0.444 e. The number of hydrogen-bond acceptors (Lipinski definition) is 6. The Morgan fingerprint density at radius 2 is 2.19 bits per heavy atom. The van der Waals surface area contributed by atoms with E-state index in [4.69, 9.17) is 4.74 Å². The maximum Gasteiger partial charge on any atom is 0.410 e. The van der Waals surface area contributed by atoms with E-state index < -0.39 is 5.60 Å². The van der Waals surface area contributed by atoms with E-state index in [1.165, 1.54) is 0 Å². The summed E-state index contributed by atoms with van der Waals surface area (Å²) >= 11 is 0. The summed E-state index contributed by atoms with van der Waals surface area (Å²) in [6, 6.07) is 0.248. The number of halogens is 1.